The van der Waals surface area contributed by atoms with Gasteiger partial charge in [-0.3, -0.25) is 0 Å². The minimum Gasteiger partial charge on any atom is -0.396 e. The molecule has 0 radical (unpaired) electrons. The summed E-state index contributed by atoms with van der Waals surface area (Å²) in [6, 6.07) is 9.63. The summed E-state index contributed by atoms with van der Waals surface area (Å²) in [4.78, 5) is 0. The molecular weight excluding hydrogens is 222 g/mol. The molecule has 100 valence electrons. The van der Waals surface area contributed by atoms with Crippen LogP contribution in [0.3, 0.4) is 0 Å². The number of benzene rings is 1. The molecule has 0 amide bonds. The van der Waals surface area contributed by atoms with E-state index in [0.717, 1.165) is 12.8 Å². The van der Waals surface area contributed by atoms with E-state index in [1.165, 1.54) is 24.0 Å². The second-order valence-electron chi connectivity index (χ2n) is 5.65. The molecule has 1 aromatic carbocycles. The maximum absolute atomic E-state index is 9.15. The van der Waals surface area contributed by atoms with Crippen LogP contribution in [0.25, 0.3) is 0 Å². The van der Waals surface area contributed by atoms with Crippen LogP contribution in [0.4, 0.5) is 0 Å². The average molecular weight is 247 g/mol. The third kappa shape index (κ3) is 3.33. The molecule has 0 saturated heterocycles. The average Bonchev–Trinajstić information content (AvgIpc) is 2.40. The van der Waals surface area contributed by atoms with Crippen LogP contribution in [-0.4, -0.2) is 17.8 Å². The summed E-state index contributed by atoms with van der Waals surface area (Å²) in [7, 11) is 0. The van der Waals surface area contributed by atoms with Crippen LogP contribution < -0.4 is 5.32 Å². The minimum absolute atomic E-state index is 0.361. The van der Waals surface area contributed by atoms with E-state index in [9.17, 15) is 0 Å². The SMILES string of the molecule is Cc1ccccc1C(C)NC1CCC(CO)CC1. The van der Waals surface area contributed by atoms with E-state index in [-0.39, 0.29) is 0 Å². The molecule has 0 spiro atoms. The molecule has 0 aliphatic heterocycles. The third-order valence-electron chi connectivity index (χ3n) is 4.25. The minimum atomic E-state index is 0.361. The molecule has 2 heteroatoms. The highest BCUT2D eigenvalue weighted by molar-refractivity contribution is 5.28. The number of nitrogens with one attached hydrogen (secondary N) is 1. The van der Waals surface area contributed by atoms with Gasteiger partial charge in [0.1, 0.15) is 0 Å². The van der Waals surface area contributed by atoms with Crippen molar-refractivity contribution < 1.29 is 5.11 Å². The molecule has 1 aliphatic rings. The monoisotopic (exact) mass is 247 g/mol. The van der Waals surface area contributed by atoms with Crippen molar-refractivity contribution in [3.8, 4) is 0 Å². The summed E-state index contributed by atoms with van der Waals surface area (Å²) >= 11 is 0. The lowest BCUT2D eigenvalue weighted by molar-refractivity contribution is 0.172. The van der Waals surface area contributed by atoms with Crippen LogP contribution in [0.15, 0.2) is 24.3 Å². The topological polar surface area (TPSA) is 32.3 Å². The highest BCUT2D eigenvalue weighted by Crippen LogP contribution is 2.26. The number of rotatable bonds is 4. The first-order chi connectivity index (χ1) is 8.70. The largest absolute Gasteiger partial charge is 0.396 e. The van der Waals surface area contributed by atoms with E-state index in [4.69, 9.17) is 5.11 Å². The van der Waals surface area contributed by atoms with E-state index < -0.39 is 0 Å². The summed E-state index contributed by atoms with van der Waals surface area (Å²) in [5.74, 6) is 0.539. The van der Waals surface area contributed by atoms with Gasteiger partial charge in [-0.25, -0.2) is 0 Å². The van der Waals surface area contributed by atoms with Crippen molar-refractivity contribution in [2.75, 3.05) is 6.61 Å². The Labute approximate surface area is 110 Å². The Morgan fingerprint density at radius 3 is 2.50 bits per heavy atom. The van der Waals surface area contributed by atoms with Crippen LogP contribution in [0, 0.1) is 12.8 Å². The number of aliphatic hydroxyl groups is 1. The zero-order valence-corrected chi connectivity index (χ0v) is 11.5. The van der Waals surface area contributed by atoms with E-state index >= 15 is 0 Å². The van der Waals surface area contributed by atoms with Gasteiger partial charge in [-0.1, -0.05) is 24.3 Å². The second-order valence-corrected chi connectivity index (χ2v) is 5.65. The molecule has 0 aromatic heterocycles. The standard InChI is InChI=1S/C16H25NO/c1-12-5-3-4-6-16(12)13(2)17-15-9-7-14(11-18)8-10-15/h3-6,13-15,17-18H,7-11H2,1-2H3. The Kier molecular flexibility index (Phi) is 4.79. The maximum Gasteiger partial charge on any atom is 0.0459 e. The van der Waals surface area contributed by atoms with Gasteiger partial charge in [-0.05, 0) is 56.6 Å². The normalized spacial score (nSPS) is 25.9. The Bertz CT molecular complexity index is 369. The van der Waals surface area contributed by atoms with Gasteiger partial charge in [0, 0.05) is 18.7 Å². The van der Waals surface area contributed by atoms with Crippen molar-refractivity contribution in [2.24, 2.45) is 5.92 Å². The smallest absolute Gasteiger partial charge is 0.0459 e. The summed E-state index contributed by atoms with van der Waals surface area (Å²) in [6.07, 6.45) is 4.71. The van der Waals surface area contributed by atoms with Gasteiger partial charge in [0.05, 0.1) is 0 Å². The first-order valence-corrected chi connectivity index (χ1v) is 7.13. The molecule has 0 heterocycles. The molecule has 1 atom stereocenters. The van der Waals surface area contributed by atoms with Gasteiger partial charge in [0.2, 0.25) is 0 Å². The number of aryl methyl sites for hydroxylation is 1. The van der Waals surface area contributed by atoms with Gasteiger partial charge in [0.15, 0.2) is 0 Å². The first kappa shape index (κ1) is 13.6. The zero-order valence-electron chi connectivity index (χ0n) is 11.5. The maximum atomic E-state index is 9.15. The highest BCUT2D eigenvalue weighted by Gasteiger charge is 2.22. The fraction of sp³-hybridized carbons (Fsp3) is 0.625. The predicted molar refractivity (Wildman–Crippen MR) is 75.6 cm³/mol. The van der Waals surface area contributed by atoms with Gasteiger partial charge in [-0.2, -0.15) is 0 Å². The first-order valence-electron chi connectivity index (χ1n) is 7.13. The van der Waals surface area contributed by atoms with Crippen molar-refractivity contribution in [1.82, 2.24) is 5.32 Å². The summed E-state index contributed by atoms with van der Waals surface area (Å²) < 4.78 is 0. The molecule has 1 aliphatic carbocycles. The Hall–Kier alpha value is -0.860. The Morgan fingerprint density at radius 2 is 1.89 bits per heavy atom. The molecule has 18 heavy (non-hydrogen) atoms. The van der Waals surface area contributed by atoms with Crippen molar-refractivity contribution in [3.63, 3.8) is 0 Å². The number of aliphatic hydroxyl groups excluding tert-OH is 1. The lowest BCUT2D eigenvalue weighted by atomic mass is 9.86. The van der Waals surface area contributed by atoms with E-state index in [2.05, 4.69) is 43.4 Å². The molecular formula is C16H25NO. The molecule has 1 fully saturated rings. The number of hydrogen-bond donors (Lipinski definition) is 2. The highest BCUT2D eigenvalue weighted by atomic mass is 16.3. The van der Waals surface area contributed by atoms with Crippen molar-refractivity contribution >= 4 is 0 Å². The van der Waals surface area contributed by atoms with Crippen LogP contribution in [0.2, 0.25) is 0 Å². The summed E-state index contributed by atoms with van der Waals surface area (Å²) in [5.41, 5.74) is 2.77. The third-order valence-corrected chi connectivity index (χ3v) is 4.25. The van der Waals surface area contributed by atoms with Crippen LogP contribution in [0.1, 0.15) is 49.8 Å². The van der Waals surface area contributed by atoms with Crippen molar-refractivity contribution in [1.29, 1.82) is 0 Å². The van der Waals surface area contributed by atoms with E-state index in [0.29, 0.717) is 24.6 Å². The van der Waals surface area contributed by atoms with Gasteiger partial charge in [0.25, 0.3) is 0 Å². The quantitative estimate of drug-likeness (QED) is 0.856. The molecule has 2 nitrogen and oxygen atoms in total. The lowest BCUT2D eigenvalue weighted by Gasteiger charge is -2.31. The van der Waals surface area contributed by atoms with Gasteiger partial charge < -0.3 is 10.4 Å². The molecule has 2 rings (SSSR count). The Morgan fingerprint density at radius 1 is 1.22 bits per heavy atom. The Balaban J connectivity index is 1.89. The second kappa shape index (κ2) is 6.35. The van der Waals surface area contributed by atoms with Gasteiger partial charge >= 0.3 is 0 Å². The summed E-state index contributed by atoms with van der Waals surface area (Å²) in [6.45, 7) is 4.79. The molecule has 1 saturated carbocycles. The predicted octanol–water partition coefficient (Wildman–Crippen LogP) is 3.20. The van der Waals surface area contributed by atoms with E-state index in [1.54, 1.807) is 0 Å². The van der Waals surface area contributed by atoms with Crippen molar-refractivity contribution in [2.45, 2.75) is 51.6 Å². The molecule has 2 N–H and O–H groups in total. The molecule has 1 aromatic rings. The van der Waals surface area contributed by atoms with Crippen LogP contribution >= 0.6 is 0 Å². The molecule has 1 unspecified atom stereocenters. The fourth-order valence-electron chi connectivity index (χ4n) is 3.03. The number of hydrogen-bond acceptors (Lipinski definition) is 2. The van der Waals surface area contributed by atoms with Crippen LogP contribution in [0.5, 0.6) is 0 Å². The van der Waals surface area contributed by atoms with E-state index in [1.807, 2.05) is 0 Å². The fourth-order valence-corrected chi connectivity index (χ4v) is 3.03. The van der Waals surface area contributed by atoms with Gasteiger partial charge in [-0.15, -0.1) is 0 Å². The van der Waals surface area contributed by atoms with Crippen molar-refractivity contribution in [3.05, 3.63) is 35.4 Å². The molecule has 0 bridgehead atoms. The van der Waals surface area contributed by atoms with Crippen LogP contribution in [-0.2, 0) is 0 Å². The lowest BCUT2D eigenvalue weighted by Crippen LogP contribution is -2.35. The summed E-state index contributed by atoms with van der Waals surface area (Å²) in [5, 5.41) is 12.9. The zero-order chi connectivity index (χ0) is 13.0.